The van der Waals surface area contributed by atoms with Crippen molar-refractivity contribution in [2.75, 3.05) is 18.5 Å². The number of anilines is 1. The molecule has 0 radical (unpaired) electrons. The van der Waals surface area contributed by atoms with E-state index in [4.69, 9.17) is 16.3 Å². The van der Waals surface area contributed by atoms with Gasteiger partial charge in [0.2, 0.25) is 10.0 Å². The summed E-state index contributed by atoms with van der Waals surface area (Å²) in [4.78, 5) is 16.4. The van der Waals surface area contributed by atoms with Gasteiger partial charge in [-0.3, -0.25) is 10.1 Å². The molecule has 26 heavy (non-hydrogen) atoms. The van der Waals surface area contributed by atoms with Crippen molar-refractivity contribution in [2.24, 2.45) is 0 Å². The number of carbonyl (C=O) groups is 1. The lowest BCUT2D eigenvalue weighted by atomic mass is 10.2. The molecule has 1 aromatic carbocycles. The molecule has 2 heterocycles. The summed E-state index contributed by atoms with van der Waals surface area (Å²) in [6.45, 7) is 2.63. The second kappa shape index (κ2) is 8.01. The minimum absolute atomic E-state index is 0.0477. The number of sulfonamides is 1. The molecule has 0 spiro atoms. The molecule has 0 aliphatic carbocycles. The average Bonchev–Trinajstić information content (AvgIpc) is 3.25. The zero-order chi connectivity index (χ0) is 18.7. The quantitative estimate of drug-likeness (QED) is 0.756. The number of rotatable bonds is 6. The molecule has 10 heteroatoms. The van der Waals surface area contributed by atoms with Crippen LogP contribution in [0.2, 0.25) is 5.02 Å². The van der Waals surface area contributed by atoms with E-state index in [1.165, 1.54) is 29.5 Å². The first-order valence-electron chi connectivity index (χ1n) is 7.99. The molecule has 2 aromatic rings. The van der Waals surface area contributed by atoms with Crippen LogP contribution in [0.4, 0.5) is 5.13 Å². The molecule has 1 amide bonds. The number of thiazole rings is 1. The van der Waals surface area contributed by atoms with E-state index >= 15 is 0 Å². The largest absolute Gasteiger partial charge is 0.377 e. The predicted octanol–water partition coefficient (Wildman–Crippen LogP) is 2.81. The van der Waals surface area contributed by atoms with Crippen molar-refractivity contribution in [1.29, 1.82) is 0 Å². The molecule has 1 aliphatic rings. The third kappa shape index (κ3) is 4.60. The fraction of sp³-hybridized carbons (Fsp3) is 0.375. The highest BCUT2D eigenvalue weighted by molar-refractivity contribution is 7.89. The van der Waals surface area contributed by atoms with E-state index in [1.807, 2.05) is 12.3 Å². The van der Waals surface area contributed by atoms with Crippen molar-refractivity contribution in [2.45, 2.75) is 30.8 Å². The van der Waals surface area contributed by atoms with Gasteiger partial charge in [0.1, 0.15) is 4.90 Å². The molecule has 7 nitrogen and oxygen atoms in total. The first kappa shape index (κ1) is 19.2. The van der Waals surface area contributed by atoms with Crippen LogP contribution in [0, 0.1) is 6.92 Å². The summed E-state index contributed by atoms with van der Waals surface area (Å²) >= 11 is 7.35. The van der Waals surface area contributed by atoms with Crippen molar-refractivity contribution in [1.82, 2.24) is 9.71 Å². The van der Waals surface area contributed by atoms with Gasteiger partial charge in [-0.15, -0.1) is 11.3 Å². The van der Waals surface area contributed by atoms with Gasteiger partial charge in [-0.05, 0) is 38.0 Å². The van der Waals surface area contributed by atoms with Crippen LogP contribution in [-0.4, -0.2) is 38.6 Å². The minimum Gasteiger partial charge on any atom is -0.377 e. The van der Waals surface area contributed by atoms with Gasteiger partial charge >= 0.3 is 0 Å². The topological polar surface area (TPSA) is 97.4 Å². The van der Waals surface area contributed by atoms with Crippen LogP contribution >= 0.6 is 22.9 Å². The molecule has 2 N–H and O–H groups in total. The summed E-state index contributed by atoms with van der Waals surface area (Å²) in [5, 5.41) is 4.95. The second-order valence-corrected chi connectivity index (χ2v) is 8.88. The Morgan fingerprint density at radius 2 is 2.27 bits per heavy atom. The number of halogens is 1. The lowest BCUT2D eigenvalue weighted by molar-refractivity contribution is 0.102. The van der Waals surface area contributed by atoms with Crippen LogP contribution in [0.25, 0.3) is 0 Å². The molecule has 1 atom stereocenters. The maximum atomic E-state index is 12.6. The highest BCUT2D eigenvalue weighted by Gasteiger charge is 2.23. The summed E-state index contributed by atoms with van der Waals surface area (Å²) < 4.78 is 33.0. The van der Waals surface area contributed by atoms with Gasteiger partial charge in [-0.25, -0.2) is 18.1 Å². The number of hydrogen-bond acceptors (Lipinski definition) is 6. The molecule has 0 unspecified atom stereocenters. The summed E-state index contributed by atoms with van der Waals surface area (Å²) in [6.07, 6.45) is 1.59. The second-order valence-electron chi connectivity index (χ2n) is 5.88. The molecule has 1 saturated heterocycles. The number of carbonyl (C=O) groups excluding carboxylic acids is 1. The highest BCUT2D eigenvalue weighted by atomic mass is 35.5. The Morgan fingerprint density at radius 3 is 2.92 bits per heavy atom. The Morgan fingerprint density at radius 1 is 1.46 bits per heavy atom. The average molecular weight is 416 g/mol. The minimum atomic E-state index is -3.86. The molecule has 140 valence electrons. The predicted molar refractivity (Wildman–Crippen MR) is 100 cm³/mol. The number of aryl methyl sites for hydroxylation is 1. The van der Waals surface area contributed by atoms with E-state index in [-0.39, 0.29) is 28.1 Å². The van der Waals surface area contributed by atoms with E-state index in [2.05, 4.69) is 15.0 Å². The number of ether oxygens (including phenoxy) is 1. The Kier molecular flexibility index (Phi) is 5.93. The smallest absolute Gasteiger partial charge is 0.257 e. The van der Waals surface area contributed by atoms with Crippen LogP contribution < -0.4 is 10.0 Å². The monoisotopic (exact) mass is 415 g/mol. The summed E-state index contributed by atoms with van der Waals surface area (Å²) in [6, 6.07) is 4.12. The standard InChI is InChI=1S/C16H18ClN3O4S2/c1-10-9-25-16(19-10)20-15(21)11-4-5-13(17)14(7-11)26(22,23)18-8-12-3-2-6-24-12/h4-5,7,9,12,18H,2-3,6,8H2,1H3,(H,19,20,21)/t12-/m1/s1. The summed E-state index contributed by atoms with van der Waals surface area (Å²) in [5.74, 6) is -0.452. The van der Waals surface area contributed by atoms with Crippen LogP contribution in [0.3, 0.4) is 0 Å². The first-order valence-corrected chi connectivity index (χ1v) is 10.7. The molecular formula is C16H18ClN3O4S2. The lowest BCUT2D eigenvalue weighted by Gasteiger charge is -2.13. The van der Waals surface area contributed by atoms with Crippen molar-refractivity contribution >= 4 is 44.0 Å². The van der Waals surface area contributed by atoms with Gasteiger partial charge in [0.25, 0.3) is 5.91 Å². The van der Waals surface area contributed by atoms with Crippen molar-refractivity contribution in [3.8, 4) is 0 Å². The van der Waals surface area contributed by atoms with E-state index in [1.54, 1.807) is 0 Å². The van der Waals surface area contributed by atoms with E-state index < -0.39 is 15.9 Å². The third-order valence-electron chi connectivity index (χ3n) is 3.85. The fourth-order valence-corrected chi connectivity index (χ4v) is 4.79. The Hall–Kier alpha value is -1.52. The molecular weight excluding hydrogens is 398 g/mol. The van der Waals surface area contributed by atoms with Gasteiger partial charge < -0.3 is 4.74 Å². The maximum Gasteiger partial charge on any atom is 0.257 e. The van der Waals surface area contributed by atoms with Gasteiger partial charge in [0, 0.05) is 24.1 Å². The van der Waals surface area contributed by atoms with E-state index in [0.29, 0.717) is 11.7 Å². The van der Waals surface area contributed by atoms with Crippen molar-refractivity contribution in [3.63, 3.8) is 0 Å². The van der Waals surface area contributed by atoms with Crippen molar-refractivity contribution < 1.29 is 17.9 Å². The number of amides is 1. The van der Waals surface area contributed by atoms with Crippen LogP contribution in [0.5, 0.6) is 0 Å². The number of nitrogens with one attached hydrogen (secondary N) is 2. The Balaban J connectivity index is 1.76. The van der Waals surface area contributed by atoms with Gasteiger partial charge in [-0.2, -0.15) is 0 Å². The number of benzene rings is 1. The Labute approximate surface area is 160 Å². The first-order chi connectivity index (χ1) is 12.3. The fourth-order valence-electron chi connectivity index (χ4n) is 2.52. The van der Waals surface area contributed by atoms with Crippen molar-refractivity contribution in [3.05, 3.63) is 39.9 Å². The van der Waals surface area contributed by atoms with Gasteiger partial charge in [0.05, 0.1) is 16.8 Å². The molecule has 1 fully saturated rings. The van der Waals surface area contributed by atoms with Gasteiger partial charge in [0.15, 0.2) is 5.13 Å². The van der Waals surface area contributed by atoms with Crippen LogP contribution in [0.15, 0.2) is 28.5 Å². The molecule has 0 bridgehead atoms. The normalized spacial score (nSPS) is 17.4. The number of nitrogens with zero attached hydrogens (tertiary/aromatic N) is 1. The summed E-state index contributed by atoms with van der Waals surface area (Å²) in [5.41, 5.74) is 0.975. The zero-order valence-electron chi connectivity index (χ0n) is 14.0. The van der Waals surface area contributed by atoms with E-state index in [0.717, 1.165) is 18.5 Å². The molecule has 0 saturated carbocycles. The lowest BCUT2D eigenvalue weighted by Crippen LogP contribution is -2.32. The zero-order valence-corrected chi connectivity index (χ0v) is 16.4. The van der Waals surface area contributed by atoms with Crippen LogP contribution in [0.1, 0.15) is 28.9 Å². The number of hydrogen-bond donors (Lipinski definition) is 2. The maximum absolute atomic E-state index is 12.6. The number of aromatic nitrogens is 1. The summed E-state index contributed by atoms with van der Waals surface area (Å²) in [7, 11) is -3.86. The van der Waals surface area contributed by atoms with Crippen LogP contribution in [-0.2, 0) is 14.8 Å². The van der Waals surface area contributed by atoms with Gasteiger partial charge in [-0.1, -0.05) is 11.6 Å². The Bertz CT molecular complexity index is 908. The molecule has 3 rings (SSSR count). The SMILES string of the molecule is Cc1csc(NC(=O)c2ccc(Cl)c(S(=O)(=O)NC[C@H]3CCCO3)c2)n1. The molecule has 1 aliphatic heterocycles. The third-order valence-corrected chi connectivity index (χ3v) is 6.63. The highest BCUT2D eigenvalue weighted by Crippen LogP contribution is 2.24. The molecule has 1 aromatic heterocycles. The van der Waals surface area contributed by atoms with E-state index in [9.17, 15) is 13.2 Å².